The van der Waals surface area contributed by atoms with Crippen molar-refractivity contribution in [2.75, 3.05) is 10.6 Å². The van der Waals surface area contributed by atoms with Gasteiger partial charge in [-0.25, -0.2) is 0 Å². The van der Waals surface area contributed by atoms with Crippen LogP contribution in [0.4, 0.5) is 11.4 Å². The molecule has 0 fully saturated rings. The molecule has 2 amide bonds. The van der Waals surface area contributed by atoms with E-state index in [4.69, 9.17) is 21.1 Å². The largest absolute Gasteiger partial charge is 0.457 e. The molecule has 0 bridgehead atoms. The number of hydrogen-bond donors (Lipinski definition) is 3. The van der Waals surface area contributed by atoms with Crippen molar-refractivity contribution in [3.05, 3.63) is 115 Å². The monoisotopic (exact) mass is 507 g/mol. The molecular formula is C29H21N3O4S. The number of hydrogen-bond acceptors (Lipinski definition) is 5. The maximum Gasteiger partial charge on any atom is 0.291 e. The van der Waals surface area contributed by atoms with Crippen LogP contribution in [0.25, 0.3) is 28.4 Å². The minimum Gasteiger partial charge on any atom is -0.457 e. The fourth-order valence-corrected chi connectivity index (χ4v) is 3.85. The number of furan rings is 2. The average Bonchev–Trinajstić information content (AvgIpc) is 3.56. The van der Waals surface area contributed by atoms with E-state index in [1.807, 2.05) is 54.6 Å². The summed E-state index contributed by atoms with van der Waals surface area (Å²) in [7, 11) is 0. The zero-order valence-electron chi connectivity index (χ0n) is 19.4. The van der Waals surface area contributed by atoms with Crippen LogP contribution in [0.15, 0.2) is 112 Å². The number of fused-ring (bicyclic) bond motifs is 1. The summed E-state index contributed by atoms with van der Waals surface area (Å²) in [5, 5.41) is 9.29. The van der Waals surface area contributed by atoms with Gasteiger partial charge in [0.25, 0.3) is 5.91 Å². The molecule has 0 aliphatic rings. The third kappa shape index (κ3) is 6.01. The Bertz CT molecular complexity index is 1590. The van der Waals surface area contributed by atoms with Crippen molar-refractivity contribution in [1.29, 1.82) is 0 Å². The summed E-state index contributed by atoms with van der Waals surface area (Å²) in [6.07, 6.45) is 2.91. The predicted molar refractivity (Wildman–Crippen MR) is 148 cm³/mol. The Morgan fingerprint density at radius 2 is 1.51 bits per heavy atom. The van der Waals surface area contributed by atoms with Gasteiger partial charge in [-0.15, -0.1) is 0 Å². The molecular weight excluding hydrogens is 486 g/mol. The predicted octanol–water partition coefficient (Wildman–Crippen LogP) is 6.47. The van der Waals surface area contributed by atoms with Gasteiger partial charge in [0.15, 0.2) is 10.9 Å². The van der Waals surface area contributed by atoms with E-state index in [9.17, 15) is 9.59 Å². The smallest absolute Gasteiger partial charge is 0.291 e. The average molecular weight is 508 g/mol. The number of carbonyl (C=O) groups is 2. The lowest BCUT2D eigenvalue weighted by atomic mass is 10.2. The second-order valence-electron chi connectivity index (χ2n) is 8.03. The summed E-state index contributed by atoms with van der Waals surface area (Å²) in [5.74, 6) is 0.680. The number of nitrogens with one attached hydrogen (secondary N) is 3. The maximum absolute atomic E-state index is 12.6. The molecule has 2 heterocycles. The van der Waals surface area contributed by atoms with Crippen LogP contribution in [-0.2, 0) is 4.79 Å². The first-order chi connectivity index (χ1) is 18.0. The van der Waals surface area contributed by atoms with Crippen molar-refractivity contribution in [3.8, 4) is 11.3 Å². The molecule has 0 radical (unpaired) electrons. The molecule has 0 aliphatic heterocycles. The van der Waals surface area contributed by atoms with Crippen LogP contribution in [0, 0.1) is 0 Å². The molecule has 0 aliphatic carbocycles. The van der Waals surface area contributed by atoms with Gasteiger partial charge in [0, 0.05) is 28.4 Å². The molecule has 0 unspecified atom stereocenters. The SMILES string of the molecule is O=C(/C=C/c1ccc(-c2ccccc2)o1)NC(=S)Nc1cccc(NC(=O)c2cc3ccccc3o2)c1. The fourth-order valence-electron chi connectivity index (χ4n) is 3.63. The highest BCUT2D eigenvalue weighted by molar-refractivity contribution is 7.80. The molecule has 3 N–H and O–H groups in total. The van der Waals surface area contributed by atoms with Crippen molar-refractivity contribution in [2.45, 2.75) is 0 Å². The minimum absolute atomic E-state index is 0.111. The first-order valence-electron chi connectivity index (χ1n) is 11.4. The lowest BCUT2D eigenvalue weighted by Crippen LogP contribution is -2.32. The molecule has 7 nitrogen and oxygen atoms in total. The van der Waals surface area contributed by atoms with Crippen molar-refractivity contribution in [2.24, 2.45) is 0 Å². The van der Waals surface area contributed by atoms with Crippen molar-refractivity contribution in [3.63, 3.8) is 0 Å². The van der Waals surface area contributed by atoms with Gasteiger partial charge >= 0.3 is 0 Å². The lowest BCUT2D eigenvalue weighted by Gasteiger charge is -2.10. The minimum atomic E-state index is -0.412. The standard InChI is InChI=1S/C29H21N3O4S/c33-27(16-14-23-13-15-25(35-23)19-7-2-1-3-8-19)32-29(37)31-22-11-6-10-21(18-22)30-28(34)26-17-20-9-4-5-12-24(20)36-26/h1-18H,(H,30,34)(H2,31,32,33,37)/b16-14+. The number of para-hydroxylation sites is 1. The Kier molecular flexibility index (Phi) is 6.91. The molecule has 0 saturated carbocycles. The number of thiocarbonyl (C=S) groups is 1. The first kappa shape index (κ1) is 23.8. The summed E-state index contributed by atoms with van der Waals surface area (Å²) in [5.41, 5.74) is 2.72. The molecule has 37 heavy (non-hydrogen) atoms. The Morgan fingerprint density at radius 3 is 2.32 bits per heavy atom. The van der Waals surface area contributed by atoms with Crippen molar-refractivity contribution in [1.82, 2.24) is 5.32 Å². The van der Waals surface area contributed by atoms with Gasteiger partial charge in [-0.3, -0.25) is 14.9 Å². The van der Waals surface area contributed by atoms with Crippen LogP contribution in [0.2, 0.25) is 0 Å². The Labute approximate surface area is 217 Å². The molecule has 0 atom stereocenters. The molecule has 3 aromatic carbocycles. The number of carbonyl (C=O) groups excluding carboxylic acids is 2. The van der Waals surface area contributed by atoms with Gasteiger partial charge in [-0.05, 0) is 60.8 Å². The number of rotatable bonds is 6. The quantitative estimate of drug-likeness (QED) is 0.180. The Morgan fingerprint density at radius 1 is 0.757 bits per heavy atom. The fraction of sp³-hybridized carbons (Fsp3) is 0. The topological polar surface area (TPSA) is 96.5 Å². The van der Waals surface area contributed by atoms with Crippen LogP contribution in [0.3, 0.4) is 0 Å². The molecule has 5 rings (SSSR count). The second-order valence-corrected chi connectivity index (χ2v) is 8.44. The van der Waals surface area contributed by atoms with Gasteiger partial charge in [-0.2, -0.15) is 0 Å². The van der Waals surface area contributed by atoms with E-state index in [0.717, 1.165) is 10.9 Å². The van der Waals surface area contributed by atoms with Gasteiger partial charge in [-0.1, -0.05) is 54.6 Å². The van der Waals surface area contributed by atoms with Crippen molar-refractivity contribution < 1.29 is 18.4 Å². The van der Waals surface area contributed by atoms with Gasteiger partial charge in [0.05, 0.1) is 0 Å². The third-order valence-electron chi connectivity index (χ3n) is 5.35. The molecule has 5 aromatic rings. The number of anilines is 2. The van der Waals surface area contributed by atoms with E-state index >= 15 is 0 Å². The van der Waals surface area contributed by atoms with Crippen LogP contribution >= 0.6 is 12.2 Å². The second kappa shape index (κ2) is 10.8. The molecule has 182 valence electrons. The highest BCUT2D eigenvalue weighted by atomic mass is 32.1. The summed E-state index contributed by atoms with van der Waals surface area (Å²) in [4.78, 5) is 24.9. The molecule has 0 saturated heterocycles. The van der Waals surface area contributed by atoms with E-state index in [2.05, 4.69) is 16.0 Å². The van der Waals surface area contributed by atoms with Crippen LogP contribution in [0.5, 0.6) is 0 Å². The van der Waals surface area contributed by atoms with Gasteiger partial charge in [0.2, 0.25) is 5.91 Å². The van der Waals surface area contributed by atoms with E-state index in [1.165, 1.54) is 6.08 Å². The van der Waals surface area contributed by atoms with E-state index in [-0.39, 0.29) is 16.8 Å². The summed E-state index contributed by atoms with van der Waals surface area (Å²) < 4.78 is 11.4. The highest BCUT2D eigenvalue weighted by Crippen LogP contribution is 2.23. The highest BCUT2D eigenvalue weighted by Gasteiger charge is 2.13. The molecule has 8 heteroatoms. The van der Waals surface area contributed by atoms with Crippen LogP contribution in [0.1, 0.15) is 16.3 Å². The van der Waals surface area contributed by atoms with Gasteiger partial charge in [0.1, 0.15) is 17.1 Å². The zero-order chi connectivity index (χ0) is 25.6. The van der Waals surface area contributed by atoms with E-state index in [0.29, 0.717) is 28.5 Å². The molecule has 2 aromatic heterocycles. The van der Waals surface area contributed by atoms with Crippen molar-refractivity contribution >= 4 is 57.6 Å². The van der Waals surface area contributed by atoms with Gasteiger partial charge < -0.3 is 19.5 Å². The zero-order valence-corrected chi connectivity index (χ0v) is 20.3. The Balaban J connectivity index is 1.15. The Hall–Kier alpha value is -4.95. The van der Waals surface area contributed by atoms with Crippen LogP contribution in [-0.4, -0.2) is 16.9 Å². The molecule has 0 spiro atoms. The number of amides is 2. The first-order valence-corrected chi connectivity index (χ1v) is 11.8. The normalized spacial score (nSPS) is 10.9. The van der Waals surface area contributed by atoms with E-state index in [1.54, 1.807) is 48.5 Å². The van der Waals surface area contributed by atoms with Crippen LogP contribution < -0.4 is 16.0 Å². The third-order valence-corrected chi connectivity index (χ3v) is 5.55. The number of benzene rings is 3. The maximum atomic E-state index is 12.6. The van der Waals surface area contributed by atoms with E-state index < -0.39 is 5.91 Å². The summed E-state index contributed by atoms with van der Waals surface area (Å²) in [6, 6.07) is 29.4. The summed E-state index contributed by atoms with van der Waals surface area (Å²) >= 11 is 5.25. The summed E-state index contributed by atoms with van der Waals surface area (Å²) in [6.45, 7) is 0. The lowest BCUT2D eigenvalue weighted by molar-refractivity contribution is -0.115.